The second-order valence-corrected chi connectivity index (χ2v) is 5.08. The van der Waals surface area contributed by atoms with Crippen LogP contribution in [0.25, 0.3) is 6.08 Å². The smallest absolute Gasteiger partial charge is 0.319 e. The van der Waals surface area contributed by atoms with Crippen LogP contribution in [-0.2, 0) is 11.4 Å². The molecule has 0 aliphatic heterocycles. The maximum Gasteiger partial charge on any atom is 0.319 e. The number of imide groups is 1. The van der Waals surface area contributed by atoms with E-state index in [9.17, 15) is 9.59 Å². The van der Waals surface area contributed by atoms with Crippen LogP contribution in [0, 0.1) is 22.7 Å². The molecule has 0 saturated heterocycles. The fourth-order valence-corrected chi connectivity index (χ4v) is 2.13. The van der Waals surface area contributed by atoms with Gasteiger partial charge in [0.25, 0.3) is 5.91 Å². The number of nitriles is 2. The average molecular weight is 346 g/mol. The molecule has 0 aromatic heterocycles. The lowest BCUT2D eigenvalue weighted by atomic mass is 10.1. The molecule has 3 amide bonds. The first-order chi connectivity index (χ1) is 12.5. The van der Waals surface area contributed by atoms with Crippen LogP contribution in [0.5, 0.6) is 5.75 Å². The highest BCUT2D eigenvalue weighted by molar-refractivity contribution is 6.08. The highest BCUT2D eigenvalue weighted by Gasteiger charge is 2.12. The summed E-state index contributed by atoms with van der Waals surface area (Å²) in [4.78, 5) is 22.6. The molecule has 2 aromatic carbocycles. The lowest BCUT2D eigenvalue weighted by Gasteiger charge is -2.10. The Hall–Kier alpha value is -4.10. The molecule has 0 aliphatic rings. The first kappa shape index (κ1) is 18.2. The molecule has 0 heterocycles. The van der Waals surface area contributed by atoms with E-state index < -0.39 is 11.9 Å². The summed E-state index contributed by atoms with van der Waals surface area (Å²) in [6.45, 7) is 0.143. The Labute approximate surface area is 149 Å². The van der Waals surface area contributed by atoms with E-state index in [1.165, 1.54) is 6.08 Å². The molecule has 2 aromatic rings. The van der Waals surface area contributed by atoms with Gasteiger partial charge in [-0.05, 0) is 18.2 Å². The van der Waals surface area contributed by atoms with Crippen LogP contribution in [0.4, 0.5) is 4.79 Å². The van der Waals surface area contributed by atoms with Crippen molar-refractivity contribution in [1.82, 2.24) is 5.32 Å². The zero-order valence-corrected chi connectivity index (χ0v) is 13.6. The SMILES string of the molecule is N#C/C(=C/c1ccccc1OCc1ccccc1C#N)C(=O)NC(N)=O. The second-order valence-electron chi connectivity index (χ2n) is 5.08. The topological polar surface area (TPSA) is 129 Å². The normalized spacial score (nSPS) is 10.3. The molecule has 0 unspecified atom stereocenters. The predicted molar refractivity (Wildman–Crippen MR) is 93.2 cm³/mol. The highest BCUT2D eigenvalue weighted by atomic mass is 16.5. The molecule has 26 heavy (non-hydrogen) atoms. The Morgan fingerprint density at radius 2 is 1.81 bits per heavy atom. The summed E-state index contributed by atoms with van der Waals surface area (Å²) in [6.07, 6.45) is 1.30. The molecular formula is C19H14N4O3. The summed E-state index contributed by atoms with van der Waals surface area (Å²) in [5.41, 5.74) is 6.27. The third-order valence-electron chi connectivity index (χ3n) is 3.34. The minimum Gasteiger partial charge on any atom is -0.488 e. The van der Waals surface area contributed by atoms with Crippen molar-refractivity contribution in [2.75, 3.05) is 0 Å². The van der Waals surface area contributed by atoms with E-state index in [1.54, 1.807) is 54.6 Å². The zero-order chi connectivity index (χ0) is 18.9. The van der Waals surface area contributed by atoms with Gasteiger partial charge in [-0.1, -0.05) is 36.4 Å². The number of carbonyl (C=O) groups is 2. The maximum absolute atomic E-state index is 11.8. The molecule has 7 nitrogen and oxygen atoms in total. The minimum atomic E-state index is -1.05. The van der Waals surface area contributed by atoms with Crippen LogP contribution in [0.2, 0.25) is 0 Å². The van der Waals surface area contributed by atoms with Crippen molar-refractivity contribution in [2.24, 2.45) is 5.73 Å². The van der Waals surface area contributed by atoms with Gasteiger partial charge in [0.05, 0.1) is 11.6 Å². The Morgan fingerprint density at radius 3 is 2.50 bits per heavy atom. The quantitative estimate of drug-likeness (QED) is 0.633. The van der Waals surface area contributed by atoms with Gasteiger partial charge in [-0.15, -0.1) is 0 Å². The van der Waals surface area contributed by atoms with Gasteiger partial charge < -0.3 is 10.5 Å². The molecule has 0 radical (unpaired) electrons. The number of nitrogens with two attached hydrogens (primary N) is 1. The van der Waals surface area contributed by atoms with E-state index in [-0.39, 0.29) is 12.2 Å². The van der Waals surface area contributed by atoms with Crippen molar-refractivity contribution in [2.45, 2.75) is 6.61 Å². The van der Waals surface area contributed by atoms with Crippen LogP contribution in [0.3, 0.4) is 0 Å². The van der Waals surface area contributed by atoms with Crippen LogP contribution >= 0.6 is 0 Å². The van der Waals surface area contributed by atoms with E-state index in [0.29, 0.717) is 22.4 Å². The van der Waals surface area contributed by atoms with Crippen LogP contribution in [0.1, 0.15) is 16.7 Å². The molecule has 0 spiro atoms. The van der Waals surface area contributed by atoms with Gasteiger partial charge in [-0.3, -0.25) is 10.1 Å². The maximum atomic E-state index is 11.8. The van der Waals surface area contributed by atoms with Crippen molar-refractivity contribution in [3.63, 3.8) is 0 Å². The summed E-state index contributed by atoms with van der Waals surface area (Å²) in [5.74, 6) is -0.482. The predicted octanol–water partition coefficient (Wildman–Crippen LogP) is 2.24. The third kappa shape index (κ3) is 4.70. The minimum absolute atomic E-state index is 0.143. The fourth-order valence-electron chi connectivity index (χ4n) is 2.13. The average Bonchev–Trinajstić information content (AvgIpc) is 2.64. The number of urea groups is 1. The second kappa shape index (κ2) is 8.67. The van der Waals surface area contributed by atoms with E-state index >= 15 is 0 Å². The number of ether oxygens (including phenoxy) is 1. The Balaban J connectivity index is 2.26. The van der Waals surface area contributed by atoms with Crippen molar-refractivity contribution < 1.29 is 14.3 Å². The third-order valence-corrected chi connectivity index (χ3v) is 3.34. The molecule has 0 aliphatic carbocycles. The van der Waals surface area contributed by atoms with Crippen molar-refractivity contribution in [3.8, 4) is 17.9 Å². The highest BCUT2D eigenvalue weighted by Crippen LogP contribution is 2.22. The summed E-state index contributed by atoms with van der Waals surface area (Å²) in [5, 5.41) is 20.1. The number of hydrogen-bond acceptors (Lipinski definition) is 5. The molecule has 3 N–H and O–H groups in total. The first-order valence-corrected chi connectivity index (χ1v) is 7.47. The van der Waals surface area contributed by atoms with E-state index in [4.69, 9.17) is 21.0 Å². The van der Waals surface area contributed by atoms with Gasteiger partial charge in [-0.25, -0.2) is 4.79 Å². The molecule has 0 atom stereocenters. The number of primary amides is 1. The summed E-state index contributed by atoms with van der Waals surface area (Å²) >= 11 is 0. The molecular weight excluding hydrogens is 332 g/mol. The fraction of sp³-hybridized carbons (Fsp3) is 0.0526. The monoisotopic (exact) mass is 346 g/mol. The standard InChI is InChI=1S/C19H14N4O3/c20-10-14-6-1-2-7-15(14)12-26-17-8-4-3-5-13(17)9-16(11-21)18(24)23-19(22)25/h1-9H,12H2,(H3,22,23,24,25)/b16-9-. The molecule has 0 fully saturated rings. The number of benzene rings is 2. The number of para-hydroxylation sites is 1. The molecule has 7 heteroatoms. The van der Waals surface area contributed by atoms with E-state index in [1.807, 2.05) is 5.32 Å². The molecule has 0 bridgehead atoms. The number of nitrogens with zero attached hydrogens (tertiary/aromatic N) is 2. The van der Waals surface area contributed by atoms with E-state index in [2.05, 4.69) is 6.07 Å². The summed E-state index contributed by atoms with van der Waals surface area (Å²) < 4.78 is 5.74. The van der Waals surface area contributed by atoms with Gasteiger partial charge >= 0.3 is 6.03 Å². The number of amides is 3. The van der Waals surface area contributed by atoms with Gasteiger partial charge in [0.15, 0.2) is 0 Å². The Morgan fingerprint density at radius 1 is 1.12 bits per heavy atom. The summed E-state index contributed by atoms with van der Waals surface area (Å²) in [6, 6.07) is 16.5. The van der Waals surface area contributed by atoms with Gasteiger partial charge in [-0.2, -0.15) is 10.5 Å². The largest absolute Gasteiger partial charge is 0.488 e. The van der Waals surface area contributed by atoms with Crippen LogP contribution in [-0.4, -0.2) is 11.9 Å². The number of carbonyl (C=O) groups excluding carboxylic acids is 2. The lowest BCUT2D eigenvalue weighted by Crippen LogP contribution is -2.35. The number of nitrogens with one attached hydrogen (secondary N) is 1. The number of hydrogen-bond donors (Lipinski definition) is 2. The van der Waals surface area contributed by atoms with Crippen LogP contribution in [0.15, 0.2) is 54.1 Å². The van der Waals surface area contributed by atoms with Crippen LogP contribution < -0.4 is 15.8 Å². The molecule has 128 valence electrons. The Kier molecular flexibility index (Phi) is 6.08. The Bertz CT molecular complexity index is 952. The summed E-state index contributed by atoms with van der Waals surface area (Å²) in [7, 11) is 0. The van der Waals surface area contributed by atoms with Gasteiger partial charge in [0.2, 0.25) is 0 Å². The first-order valence-electron chi connectivity index (χ1n) is 7.47. The van der Waals surface area contributed by atoms with E-state index in [0.717, 1.165) is 0 Å². The van der Waals surface area contributed by atoms with Gasteiger partial charge in [0, 0.05) is 11.1 Å². The lowest BCUT2D eigenvalue weighted by molar-refractivity contribution is -0.115. The zero-order valence-electron chi connectivity index (χ0n) is 13.6. The molecule has 2 rings (SSSR count). The van der Waals surface area contributed by atoms with Gasteiger partial charge in [0.1, 0.15) is 24.0 Å². The van der Waals surface area contributed by atoms with Crippen molar-refractivity contribution >= 4 is 18.0 Å². The van der Waals surface area contributed by atoms with Crippen molar-refractivity contribution in [3.05, 3.63) is 70.8 Å². The van der Waals surface area contributed by atoms with Crippen molar-refractivity contribution in [1.29, 1.82) is 10.5 Å². The number of rotatable bonds is 5. The molecule has 0 saturated carbocycles.